The summed E-state index contributed by atoms with van der Waals surface area (Å²) in [5, 5.41) is 11.8. The molecule has 0 spiro atoms. The van der Waals surface area contributed by atoms with Gasteiger partial charge < -0.3 is 5.32 Å². The van der Waals surface area contributed by atoms with Crippen LogP contribution in [-0.2, 0) is 0 Å². The van der Waals surface area contributed by atoms with Crippen LogP contribution in [0.2, 0.25) is 0 Å². The number of thioether (sulfide) groups is 1. The molecule has 0 aliphatic rings. The smallest absolute Gasteiger partial charge is 0.206 e. The largest absolute Gasteiger partial charge is 0.360 e. The molecule has 1 atom stereocenters. The summed E-state index contributed by atoms with van der Waals surface area (Å²) in [6, 6.07) is 7.40. The first-order valence-corrected chi connectivity index (χ1v) is 8.63. The molecule has 0 amide bonds. The van der Waals surface area contributed by atoms with Crippen LogP contribution in [0.15, 0.2) is 33.1 Å². The fourth-order valence-corrected chi connectivity index (χ4v) is 3.84. The molecule has 0 saturated carbocycles. The summed E-state index contributed by atoms with van der Waals surface area (Å²) in [4.78, 5) is 12.3. The Hall–Kier alpha value is -0.920. The Morgan fingerprint density at radius 3 is 2.75 bits per heavy atom. The van der Waals surface area contributed by atoms with E-state index in [1.807, 2.05) is 38.1 Å². The van der Waals surface area contributed by atoms with Gasteiger partial charge in [-0.25, -0.2) is 0 Å². The zero-order chi connectivity index (χ0) is 14.5. The van der Waals surface area contributed by atoms with E-state index >= 15 is 0 Å². The first-order chi connectivity index (χ1) is 9.60. The van der Waals surface area contributed by atoms with Crippen LogP contribution in [0.1, 0.15) is 24.2 Å². The lowest BCUT2D eigenvalue weighted by Gasteiger charge is -2.07. The predicted octanol–water partition coefficient (Wildman–Crippen LogP) is 4.10. The first kappa shape index (κ1) is 15.5. The number of nitrogens with zero attached hydrogens (tertiary/aromatic N) is 2. The van der Waals surface area contributed by atoms with Crippen LogP contribution in [0.3, 0.4) is 0 Å². The number of hydrogen-bond donors (Lipinski definition) is 1. The molecule has 1 aromatic heterocycles. The molecule has 0 unspecified atom stereocenters. The molecule has 2 rings (SSSR count). The van der Waals surface area contributed by atoms with Crippen LogP contribution in [0.4, 0.5) is 5.13 Å². The van der Waals surface area contributed by atoms with Crippen molar-refractivity contribution in [2.45, 2.75) is 23.4 Å². The predicted molar refractivity (Wildman–Crippen MR) is 87.9 cm³/mol. The maximum atomic E-state index is 12.3. The van der Waals surface area contributed by atoms with Gasteiger partial charge in [-0.15, -0.1) is 10.2 Å². The number of ketones is 1. The van der Waals surface area contributed by atoms with E-state index in [2.05, 4.69) is 31.4 Å². The van der Waals surface area contributed by atoms with E-state index in [0.717, 1.165) is 20.5 Å². The molecule has 1 N–H and O–H groups in total. The SMILES string of the molecule is CCNc1nnc(S[C@@H](C)C(=O)c2ccc(Br)cc2)s1. The number of rotatable bonds is 6. The van der Waals surface area contributed by atoms with Gasteiger partial charge in [0, 0.05) is 16.6 Å². The molecule has 0 bridgehead atoms. The summed E-state index contributed by atoms with van der Waals surface area (Å²) >= 11 is 6.27. The van der Waals surface area contributed by atoms with Gasteiger partial charge in [-0.05, 0) is 26.0 Å². The summed E-state index contributed by atoms with van der Waals surface area (Å²) in [5.74, 6) is 0.0997. The minimum Gasteiger partial charge on any atom is -0.360 e. The Morgan fingerprint density at radius 2 is 2.10 bits per heavy atom. The second-order valence-electron chi connectivity index (χ2n) is 4.03. The van der Waals surface area contributed by atoms with Gasteiger partial charge in [0.15, 0.2) is 10.1 Å². The van der Waals surface area contributed by atoms with Crippen LogP contribution < -0.4 is 5.32 Å². The van der Waals surface area contributed by atoms with E-state index in [0.29, 0.717) is 5.56 Å². The van der Waals surface area contributed by atoms with Crippen LogP contribution in [0.25, 0.3) is 0 Å². The average molecular weight is 372 g/mol. The average Bonchev–Trinajstić information content (AvgIpc) is 2.86. The van der Waals surface area contributed by atoms with Gasteiger partial charge in [-0.2, -0.15) is 0 Å². The quantitative estimate of drug-likeness (QED) is 0.611. The van der Waals surface area contributed by atoms with Crippen molar-refractivity contribution in [3.8, 4) is 0 Å². The third-order valence-corrected chi connectivity index (χ3v) is 5.10. The monoisotopic (exact) mass is 371 g/mol. The van der Waals surface area contributed by atoms with E-state index < -0.39 is 0 Å². The molecule has 1 aromatic carbocycles. The van der Waals surface area contributed by atoms with Crippen molar-refractivity contribution in [1.29, 1.82) is 0 Å². The van der Waals surface area contributed by atoms with E-state index in [1.54, 1.807) is 0 Å². The zero-order valence-corrected chi connectivity index (χ0v) is 14.3. The van der Waals surface area contributed by atoms with Gasteiger partial charge in [-0.3, -0.25) is 4.79 Å². The van der Waals surface area contributed by atoms with Crippen molar-refractivity contribution in [3.63, 3.8) is 0 Å². The highest BCUT2D eigenvalue weighted by molar-refractivity contribution is 9.10. The van der Waals surface area contributed by atoms with Crippen molar-refractivity contribution in [2.24, 2.45) is 0 Å². The van der Waals surface area contributed by atoms with Gasteiger partial charge in [0.25, 0.3) is 0 Å². The van der Waals surface area contributed by atoms with Gasteiger partial charge in [0.1, 0.15) is 0 Å². The Kier molecular flexibility index (Phi) is 5.56. The summed E-state index contributed by atoms with van der Waals surface area (Å²) in [7, 11) is 0. The molecule has 7 heteroatoms. The summed E-state index contributed by atoms with van der Waals surface area (Å²) in [6.07, 6.45) is 0. The number of anilines is 1. The number of aromatic nitrogens is 2. The number of Topliss-reactive ketones (excluding diaryl/α,β-unsaturated/α-hetero) is 1. The number of nitrogens with one attached hydrogen (secondary N) is 1. The van der Waals surface area contributed by atoms with Crippen LogP contribution in [-0.4, -0.2) is 27.8 Å². The maximum Gasteiger partial charge on any atom is 0.206 e. The van der Waals surface area contributed by atoms with Gasteiger partial charge in [0.05, 0.1) is 5.25 Å². The molecule has 4 nitrogen and oxygen atoms in total. The first-order valence-electron chi connectivity index (χ1n) is 6.14. The van der Waals surface area contributed by atoms with Crippen LogP contribution in [0, 0.1) is 0 Å². The molecule has 2 aromatic rings. The number of hydrogen-bond acceptors (Lipinski definition) is 6. The third-order valence-electron chi connectivity index (χ3n) is 2.51. The second kappa shape index (κ2) is 7.19. The van der Waals surface area contributed by atoms with Crippen molar-refractivity contribution in [1.82, 2.24) is 10.2 Å². The van der Waals surface area contributed by atoms with Gasteiger partial charge in [0.2, 0.25) is 5.13 Å². The Balaban J connectivity index is 2.01. The minimum atomic E-state index is -0.182. The second-order valence-corrected chi connectivity index (χ2v) is 7.52. The highest BCUT2D eigenvalue weighted by Gasteiger charge is 2.18. The molecule has 20 heavy (non-hydrogen) atoms. The molecule has 0 radical (unpaired) electrons. The summed E-state index contributed by atoms with van der Waals surface area (Å²) < 4.78 is 1.77. The Labute approximate surface area is 134 Å². The van der Waals surface area contributed by atoms with Crippen molar-refractivity contribution >= 4 is 49.9 Å². The lowest BCUT2D eigenvalue weighted by molar-refractivity contribution is 0.0994. The third kappa shape index (κ3) is 4.04. The highest BCUT2D eigenvalue weighted by atomic mass is 79.9. The molecule has 0 aliphatic carbocycles. The summed E-state index contributed by atoms with van der Waals surface area (Å²) in [5.41, 5.74) is 0.713. The molecule has 106 valence electrons. The number of benzene rings is 1. The van der Waals surface area contributed by atoms with Crippen molar-refractivity contribution in [3.05, 3.63) is 34.3 Å². The molecule has 1 heterocycles. The fourth-order valence-electron chi connectivity index (χ4n) is 1.53. The van der Waals surface area contributed by atoms with E-state index in [1.165, 1.54) is 23.1 Å². The Bertz CT molecular complexity index is 586. The summed E-state index contributed by atoms with van der Waals surface area (Å²) in [6.45, 7) is 4.71. The van der Waals surface area contributed by atoms with E-state index in [-0.39, 0.29) is 11.0 Å². The topological polar surface area (TPSA) is 54.9 Å². The lowest BCUT2D eigenvalue weighted by Crippen LogP contribution is -2.13. The molecule has 0 saturated heterocycles. The molecule has 0 aliphatic heterocycles. The standard InChI is InChI=1S/C13H14BrN3OS2/c1-3-15-12-16-17-13(20-12)19-8(2)11(18)9-4-6-10(14)7-5-9/h4-8H,3H2,1-2H3,(H,15,16)/t8-/m0/s1. The number of halogens is 1. The van der Waals surface area contributed by atoms with Crippen LogP contribution >= 0.6 is 39.0 Å². The molecular weight excluding hydrogens is 358 g/mol. The number of carbonyl (C=O) groups is 1. The lowest BCUT2D eigenvalue weighted by atomic mass is 10.1. The normalized spacial score (nSPS) is 12.2. The number of carbonyl (C=O) groups excluding carboxylic acids is 1. The Morgan fingerprint density at radius 1 is 1.40 bits per heavy atom. The zero-order valence-electron chi connectivity index (χ0n) is 11.1. The van der Waals surface area contributed by atoms with Crippen molar-refractivity contribution < 1.29 is 4.79 Å². The highest BCUT2D eigenvalue weighted by Crippen LogP contribution is 2.30. The minimum absolute atomic E-state index is 0.0997. The van der Waals surface area contributed by atoms with Gasteiger partial charge >= 0.3 is 0 Å². The van der Waals surface area contributed by atoms with Gasteiger partial charge in [-0.1, -0.05) is 51.2 Å². The van der Waals surface area contributed by atoms with Crippen molar-refractivity contribution in [2.75, 3.05) is 11.9 Å². The van der Waals surface area contributed by atoms with E-state index in [9.17, 15) is 4.79 Å². The molecular formula is C13H14BrN3OS2. The maximum absolute atomic E-state index is 12.3. The molecule has 0 fully saturated rings. The van der Waals surface area contributed by atoms with Crippen LogP contribution in [0.5, 0.6) is 0 Å². The fraction of sp³-hybridized carbons (Fsp3) is 0.308. The van der Waals surface area contributed by atoms with E-state index in [4.69, 9.17) is 0 Å².